The van der Waals surface area contributed by atoms with Gasteiger partial charge in [-0.15, -0.1) is 0 Å². The first-order chi connectivity index (χ1) is 13.0. The number of fused-ring (bicyclic) bond motifs is 1. The van der Waals surface area contributed by atoms with Crippen molar-refractivity contribution in [2.45, 2.75) is 90.3 Å². The lowest BCUT2D eigenvalue weighted by Crippen LogP contribution is -2.47. The summed E-state index contributed by atoms with van der Waals surface area (Å²) in [6, 6.07) is 4.56. The molecule has 1 aromatic rings. The Kier molecular flexibility index (Phi) is 7.46. The standard InChI is InChI=1S/C22H36N2O2S/c1-5-27-23-20-13-9-17-8-12-19(15(2)3)22(25)24(17)21(20)14-26-18-10-6-16(4)7-11-18/h8,12,15-16,18,20-21,23H,5-7,9-11,13-14H2,1-4H3. The van der Waals surface area contributed by atoms with Gasteiger partial charge < -0.3 is 9.30 Å². The highest BCUT2D eigenvalue weighted by molar-refractivity contribution is 7.97. The second-order valence-corrected chi connectivity index (χ2v) is 9.69. The van der Waals surface area contributed by atoms with Crippen molar-refractivity contribution in [2.24, 2.45) is 5.92 Å². The van der Waals surface area contributed by atoms with E-state index < -0.39 is 0 Å². The Morgan fingerprint density at radius 1 is 1.22 bits per heavy atom. The van der Waals surface area contributed by atoms with E-state index in [0.717, 1.165) is 48.6 Å². The Morgan fingerprint density at radius 2 is 1.96 bits per heavy atom. The average Bonchev–Trinajstić information content (AvgIpc) is 2.66. The predicted octanol–water partition coefficient (Wildman–Crippen LogP) is 4.68. The third kappa shape index (κ3) is 4.99. The fraction of sp³-hybridized carbons (Fsp3) is 0.773. The topological polar surface area (TPSA) is 43.3 Å². The highest BCUT2D eigenvalue weighted by Crippen LogP contribution is 2.30. The summed E-state index contributed by atoms with van der Waals surface area (Å²) in [5.74, 6) is 2.10. The number of ether oxygens (including phenoxy) is 1. The van der Waals surface area contributed by atoms with Crippen LogP contribution in [0.3, 0.4) is 0 Å². The molecule has 1 aliphatic heterocycles. The molecule has 2 heterocycles. The predicted molar refractivity (Wildman–Crippen MR) is 115 cm³/mol. The molecule has 3 rings (SSSR count). The Balaban J connectivity index is 1.82. The molecule has 1 saturated carbocycles. The highest BCUT2D eigenvalue weighted by atomic mass is 32.2. The van der Waals surface area contributed by atoms with Crippen molar-refractivity contribution in [3.05, 3.63) is 33.7 Å². The second kappa shape index (κ2) is 9.62. The molecule has 0 aromatic carbocycles. The normalized spacial score (nSPS) is 28.3. The van der Waals surface area contributed by atoms with Gasteiger partial charge in [0.25, 0.3) is 5.56 Å². The molecule has 0 amide bonds. The molecular weight excluding hydrogens is 356 g/mol. The Morgan fingerprint density at radius 3 is 2.63 bits per heavy atom. The molecule has 0 bridgehead atoms. The summed E-state index contributed by atoms with van der Waals surface area (Å²) in [5, 5.41) is 0. The molecule has 152 valence electrons. The van der Waals surface area contributed by atoms with Crippen LogP contribution in [0.4, 0.5) is 0 Å². The van der Waals surface area contributed by atoms with E-state index in [2.05, 4.69) is 43.1 Å². The quantitative estimate of drug-likeness (QED) is 0.684. The second-order valence-electron chi connectivity index (χ2n) is 8.59. The van der Waals surface area contributed by atoms with Crippen LogP contribution in [0.5, 0.6) is 0 Å². The van der Waals surface area contributed by atoms with Gasteiger partial charge in [-0.3, -0.25) is 9.52 Å². The summed E-state index contributed by atoms with van der Waals surface area (Å²) in [6.07, 6.45) is 7.20. The molecule has 1 aliphatic carbocycles. The molecule has 27 heavy (non-hydrogen) atoms. The summed E-state index contributed by atoms with van der Waals surface area (Å²) < 4.78 is 12.0. The first-order valence-electron chi connectivity index (χ1n) is 10.7. The molecule has 0 radical (unpaired) electrons. The number of nitrogens with zero attached hydrogens (tertiary/aromatic N) is 1. The number of aryl methyl sites for hydroxylation is 1. The number of hydrogen-bond acceptors (Lipinski definition) is 4. The maximum atomic E-state index is 13.3. The Hall–Kier alpha value is -0.780. The molecule has 1 fully saturated rings. The third-order valence-corrected chi connectivity index (χ3v) is 6.96. The Labute approximate surface area is 168 Å². The molecule has 0 saturated heterocycles. The number of rotatable bonds is 7. The van der Waals surface area contributed by atoms with Gasteiger partial charge in [-0.05, 0) is 56.4 Å². The van der Waals surface area contributed by atoms with Gasteiger partial charge in [0.2, 0.25) is 0 Å². The summed E-state index contributed by atoms with van der Waals surface area (Å²) in [6.45, 7) is 9.33. The van der Waals surface area contributed by atoms with Gasteiger partial charge in [-0.2, -0.15) is 0 Å². The van der Waals surface area contributed by atoms with Crippen molar-refractivity contribution in [3.63, 3.8) is 0 Å². The molecular formula is C22H36N2O2S. The number of nitrogens with one attached hydrogen (secondary N) is 1. The minimum Gasteiger partial charge on any atom is -0.376 e. The molecule has 2 atom stereocenters. The van der Waals surface area contributed by atoms with Crippen LogP contribution >= 0.6 is 11.9 Å². The molecule has 5 heteroatoms. The van der Waals surface area contributed by atoms with Gasteiger partial charge in [0, 0.05) is 23.1 Å². The van der Waals surface area contributed by atoms with Crippen molar-refractivity contribution in [3.8, 4) is 0 Å². The van der Waals surface area contributed by atoms with Crippen LogP contribution in [0, 0.1) is 5.92 Å². The van der Waals surface area contributed by atoms with Gasteiger partial charge in [0.1, 0.15) is 0 Å². The minimum atomic E-state index is 0.0818. The SMILES string of the molecule is CCSNC1CCc2ccc(C(C)C)c(=O)n2C1COC1CCC(C)CC1. The van der Waals surface area contributed by atoms with Crippen LogP contribution in [-0.2, 0) is 11.2 Å². The summed E-state index contributed by atoms with van der Waals surface area (Å²) >= 11 is 1.75. The summed E-state index contributed by atoms with van der Waals surface area (Å²) in [4.78, 5) is 13.3. The molecule has 1 aromatic heterocycles. The van der Waals surface area contributed by atoms with Crippen LogP contribution in [0.25, 0.3) is 0 Å². The fourth-order valence-electron chi connectivity index (χ4n) is 4.44. The average molecular weight is 393 g/mol. The Bertz CT molecular complexity index is 665. The lowest BCUT2D eigenvalue weighted by atomic mass is 9.89. The van der Waals surface area contributed by atoms with Crippen molar-refractivity contribution in [2.75, 3.05) is 12.4 Å². The zero-order valence-electron chi connectivity index (χ0n) is 17.4. The molecule has 2 unspecified atom stereocenters. The van der Waals surface area contributed by atoms with E-state index in [1.807, 2.05) is 6.07 Å². The zero-order chi connectivity index (χ0) is 19.4. The lowest BCUT2D eigenvalue weighted by molar-refractivity contribution is -0.00525. The maximum Gasteiger partial charge on any atom is 0.254 e. The number of hydrogen-bond donors (Lipinski definition) is 1. The van der Waals surface area contributed by atoms with Crippen molar-refractivity contribution in [1.29, 1.82) is 0 Å². The maximum absolute atomic E-state index is 13.3. The smallest absolute Gasteiger partial charge is 0.254 e. The van der Waals surface area contributed by atoms with Crippen molar-refractivity contribution in [1.82, 2.24) is 9.29 Å². The third-order valence-electron chi connectivity index (χ3n) is 6.20. The van der Waals surface area contributed by atoms with Crippen LogP contribution in [-0.4, -0.2) is 29.1 Å². The zero-order valence-corrected chi connectivity index (χ0v) is 18.2. The minimum absolute atomic E-state index is 0.0818. The van der Waals surface area contributed by atoms with Crippen LogP contribution in [0.2, 0.25) is 0 Å². The summed E-state index contributed by atoms with van der Waals surface area (Å²) in [7, 11) is 0. The van der Waals surface area contributed by atoms with Gasteiger partial charge in [0.15, 0.2) is 0 Å². The van der Waals surface area contributed by atoms with Crippen molar-refractivity contribution < 1.29 is 4.74 Å². The lowest BCUT2D eigenvalue weighted by Gasteiger charge is -2.37. The van der Waals surface area contributed by atoms with Gasteiger partial charge in [-0.25, -0.2) is 0 Å². The largest absolute Gasteiger partial charge is 0.376 e. The van der Waals surface area contributed by atoms with E-state index in [-0.39, 0.29) is 23.6 Å². The van der Waals surface area contributed by atoms with E-state index >= 15 is 0 Å². The van der Waals surface area contributed by atoms with Crippen molar-refractivity contribution >= 4 is 11.9 Å². The van der Waals surface area contributed by atoms with Gasteiger partial charge in [0.05, 0.1) is 18.8 Å². The van der Waals surface area contributed by atoms with E-state index in [1.54, 1.807) is 11.9 Å². The van der Waals surface area contributed by atoms with E-state index in [4.69, 9.17) is 4.74 Å². The first kappa shape index (κ1) is 20.9. The highest BCUT2D eigenvalue weighted by Gasteiger charge is 2.32. The van der Waals surface area contributed by atoms with Crippen LogP contribution in [0.15, 0.2) is 16.9 Å². The summed E-state index contributed by atoms with van der Waals surface area (Å²) in [5.41, 5.74) is 2.26. The van der Waals surface area contributed by atoms with E-state index in [0.29, 0.717) is 12.7 Å². The monoisotopic (exact) mass is 392 g/mol. The van der Waals surface area contributed by atoms with Crippen LogP contribution in [0.1, 0.15) is 83.0 Å². The van der Waals surface area contributed by atoms with Crippen LogP contribution < -0.4 is 10.3 Å². The van der Waals surface area contributed by atoms with Gasteiger partial charge in [-0.1, -0.05) is 45.7 Å². The molecule has 2 aliphatic rings. The van der Waals surface area contributed by atoms with E-state index in [1.165, 1.54) is 12.8 Å². The molecule has 1 N–H and O–H groups in total. The number of pyridine rings is 1. The van der Waals surface area contributed by atoms with E-state index in [9.17, 15) is 4.79 Å². The first-order valence-corrected chi connectivity index (χ1v) is 11.7. The number of aromatic nitrogens is 1. The fourth-order valence-corrected chi connectivity index (χ4v) is 5.09. The molecule has 0 spiro atoms. The van der Waals surface area contributed by atoms with Gasteiger partial charge >= 0.3 is 0 Å². The molecule has 4 nitrogen and oxygen atoms in total.